The Labute approximate surface area is 79.9 Å². The molecule has 0 saturated heterocycles. The van der Waals surface area contributed by atoms with Gasteiger partial charge in [-0.15, -0.1) is 0 Å². The molecule has 0 spiro atoms. The maximum atomic E-state index is 10.8. The molecule has 6 heteroatoms. The molecule has 1 aromatic heterocycles. The molecule has 13 heavy (non-hydrogen) atoms. The zero-order valence-electron chi connectivity index (χ0n) is 7.19. The van der Waals surface area contributed by atoms with Crippen molar-refractivity contribution in [3.63, 3.8) is 0 Å². The molecule has 4 N–H and O–H groups in total. The fourth-order valence-electron chi connectivity index (χ4n) is 0.564. The largest absolute Gasteiger partial charge is 0.440 e. The summed E-state index contributed by atoms with van der Waals surface area (Å²) in [5, 5.41) is 0.484. The number of primary amides is 1. The average molecular weight is 201 g/mol. The molecule has 0 radical (unpaired) electrons. The summed E-state index contributed by atoms with van der Waals surface area (Å²) in [5.41, 5.74) is 9.66. The summed E-state index contributed by atoms with van der Waals surface area (Å²) in [6.07, 6.45) is 2.99. The van der Waals surface area contributed by atoms with Crippen LogP contribution in [0, 0.1) is 0 Å². The van der Waals surface area contributed by atoms with Gasteiger partial charge in [-0.3, -0.25) is 4.79 Å². The summed E-state index contributed by atoms with van der Waals surface area (Å²) in [6.45, 7) is 1.57. The first-order chi connectivity index (χ1) is 6.02. The molecule has 1 heterocycles. The maximum absolute atomic E-state index is 10.8. The van der Waals surface area contributed by atoms with Gasteiger partial charge in [-0.2, -0.15) is 0 Å². The summed E-state index contributed by atoms with van der Waals surface area (Å²) in [5.74, 6) is -0.186. The van der Waals surface area contributed by atoms with Gasteiger partial charge in [-0.05, 0) is 6.92 Å². The number of oxazole rings is 1. The smallest absolute Gasteiger partial charge is 0.255 e. The van der Waals surface area contributed by atoms with Gasteiger partial charge in [-0.1, -0.05) is 11.8 Å². The quantitative estimate of drug-likeness (QED) is 0.667. The minimum absolute atomic E-state index is 0.350. The average Bonchev–Trinajstić information content (AvgIpc) is 2.52. The standard InChI is InChI=1S/C7H11N3O2S/c1-7(9,5(8)11)4-13-6-10-2-3-12-6/h2-3H,4,9H2,1H3,(H2,8,11). The van der Waals surface area contributed by atoms with E-state index in [0.717, 1.165) is 0 Å². The molecule has 1 rings (SSSR count). The molecule has 0 bridgehead atoms. The third-order valence-corrected chi connectivity index (χ3v) is 2.66. The second-order valence-electron chi connectivity index (χ2n) is 2.87. The van der Waals surface area contributed by atoms with Crippen LogP contribution in [0.3, 0.4) is 0 Å². The van der Waals surface area contributed by atoms with Gasteiger partial charge in [0, 0.05) is 5.75 Å². The summed E-state index contributed by atoms with van der Waals surface area (Å²) < 4.78 is 4.95. The van der Waals surface area contributed by atoms with Gasteiger partial charge in [0.05, 0.1) is 6.20 Å². The number of thioether (sulfide) groups is 1. The zero-order valence-corrected chi connectivity index (χ0v) is 8.00. The van der Waals surface area contributed by atoms with Crippen molar-refractivity contribution in [1.82, 2.24) is 4.98 Å². The molecule has 5 nitrogen and oxygen atoms in total. The van der Waals surface area contributed by atoms with Crippen molar-refractivity contribution in [2.75, 3.05) is 5.75 Å². The van der Waals surface area contributed by atoms with E-state index >= 15 is 0 Å². The van der Waals surface area contributed by atoms with E-state index in [0.29, 0.717) is 11.0 Å². The van der Waals surface area contributed by atoms with Crippen LogP contribution in [0.1, 0.15) is 6.92 Å². The molecule has 0 saturated carbocycles. The maximum Gasteiger partial charge on any atom is 0.255 e. The monoisotopic (exact) mass is 201 g/mol. The summed E-state index contributed by atoms with van der Waals surface area (Å²) in [6, 6.07) is 0. The normalized spacial score (nSPS) is 15.2. The van der Waals surface area contributed by atoms with E-state index in [4.69, 9.17) is 15.9 Å². The molecule has 1 aromatic rings. The molecule has 0 fully saturated rings. The van der Waals surface area contributed by atoms with Crippen LogP contribution in [-0.2, 0) is 4.79 Å². The Kier molecular flexibility index (Phi) is 2.94. The lowest BCUT2D eigenvalue weighted by Gasteiger charge is -2.18. The van der Waals surface area contributed by atoms with Gasteiger partial charge in [0.1, 0.15) is 11.8 Å². The molecule has 1 amide bonds. The van der Waals surface area contributed by atoms with Gasteiger partial charge in [-0.25, -0.2) is 4.98 Å². The van der Waals surface area contributed by atoms with E-state index in [9.17, 15) is 4.79 Å². The number of hydrogen-bond donors (Lipinski definition) is 2. The van der Waals surface area contributed by atoms with E-state index in [1.807, 2.05) is 0 Å². The Morgan fingerprint density at radius 3 is 3.00 bits per heavy atom. The molecule has 1 unspecified atom stereocenters. The highest BCUT2D eigenvalue weighted by Crippen LogP contribution is 2.18. The Morgan fingerprint density at radius 1 is 1.85 bits per heavy atom. The summed E-state index contributed by atoms with van der Waals surface area (Å²) in [4.78, 5) is 14.7. The number of carbonyl (C=O) groups is 1. The van der Waals surface area contributed by atoms with Crippen LogP contribution in [0.4, 0.5) is 0 Å². The number of nitrogens with two attached hydrogens (primary N) is 2. The van der Waals surface area contributed by atoms with Crippen LogP contribution in [0.2, 0.25) is 0 Å². The minimum atomic E-state index is -1.03. The second-order valence-corrected chi connectivity index (χ2v) is 3.79. The number of nitrogens with zero attached hydrogens (tertiary/aromatic N) is 1. The SMILES string of the molecule is CC(N)(CSc1ncco1)C(N)=O. The molecule has 0 aliphatic rings. The van der Waals surface area contributed by atoms with Gasteiger partial charge >= 0.3 is 0 Å². The van der Waals surface area contributed by atoms with Crippen LogP contribution in [0.5, 0.6) is 0 Å². The Balaban J connectivity index is 2.47. The molecular weight excluding hydrogens is 190 g/mol. The first-order valence-electron chi connectivity index (χ1n) is 3.63. The lowest BCUT2D eigenvalue weighted by molar-refractivity contribution is -0.121. The van der Waals surface area contributed by atoms with Gasteiger partial charge < -0.3 is 15.9 Å². The van der Waals surface area contributed by atoms with Crippen LogP contribution >= 0.6 is 11.8 Å². The van der Waals surface area contributed by atoms with Crippen molar-refractivity contribution in [3.05, 3.63) is 12.5 Å². The molecule has 72 valence electrons. The highest BCUT2D eigenvalue weighted by molar-refractivity contribution is 7.99. The van der Waals surface area contributed by atoms with E-state index in [-0.39, 0.29) is 0 Å². The van der Waals surface area contributed by atoms with Crippen LogP contribution in [0.15, 0.2) is 22.1 Å². The van der Waals surface area contributed by atoms with Crippen molar-refractivity contribution in [2.45, 2.75) is 17.7 Å². The van der Waals surface area contributed by atoms with E-state index < -0.39 is 11.4 Å². The number of aromatic nitrogens is 1. The predicted molar refractivity (Wildman–Crippen MR) is 49.0 cm³/mol. The number of hydrogen-bond acceptors (Lipinski definition) is 5. The highest BCUT2D eigenvalue weighted by Gasteiger charge is 2.26. The lowest BCUT2D eigenvalue weighted by Crippen LogP contribution is -2.51. The minimum Gasteiger partial charge on any atom is -0.440 e. The van der Waals surface area contributed by atoms with Crippen molar-refractivity contribution in [2.24, 2.45) is 11.5 Å². The number of amides is 1. The first kappa shape index (κ1) is 10.1. The van der Waals surface area contributed by atoms with Crippen molar-refractivity contribution >= 4 is 17.7 Å². The Morgan fingerprint density at radius 2 is 2.54 bits per heavy atom. The van der Waals surface area contributed by atoms with Crippen molar-refractivity contribution in [3.8, 4) is 0 Å². The predicted octanol–water partition coefficient (Wildman–Crippen LogP) is -0.0306. The van der Waals surface area contributed by atoms with Gasteiger partial charge in [0.15, 0.2) is 0 Å². The molecule has 0 aliphatic heterocycles. The number of carbonyl (C=O) groups excluding carboxylic acids is 1. The van der Waals surface area contributed by atoms with E-state index in [1.54, 1.807) is 6.92 Å². The van der Waals surface area contributed by atoms with E-state index in [2.05, 4.69) is 4.98 Å². The Bertz CT molecular complexity index is 284. The van der Waals surface area contributed by atoms with Crippen LogP contribution in [0.25, 0.3) is 0 Å². The topological polar surface area (TPSA) is 95.1 Å². The lowest BCUT2D eigenvalue weighted by atomic mass is 10.1. The third-order valence-electron chi connectivity index (χ3n) is 1.47. The summed E-state index contributed by atoms with van der Waals surface area (Å²) >= 11 is 1.26. The summed E-state index contributed by atoms with van der Waals surface area (Å²) in [7, 11) is 0. The van der Waals surface area contributed by atoms with Crippen LogP contribution < -0.4 is 11.5 Å². The van der Waals surface area contributed by atoms with Crippen molar-refractivity contribution in [1.29, 1.82) is 0 Å². The fourth-order valence-corrected chi connectivity index (χ4v) is 1.39. The van der Waals surface area contributed by atoms with Crippen molar-refractivity contribution < 1.29 is 9.21 Å². The number of rotatable bonds is 4. The molecule has 0 aromatic carbocycles. The molecule has 0 aliphatic carbocycles. The van der Waals surface area contributed by atoms with Gasteiger partial charge in [0.2, 0.25) is 5.91 Å². The second kappa shape index (κ2) is 3.80. The Hall–Kier alpha value is -1.01. The van der Waals surface area contributed by atoms with Crippen LogP contribution in [-0.4, -0.2) is 22.2 Å². The fraction of sp³-hybridized carbons (Fsp3) is 0.429. The zero-order chi connectivity index (χ0) is 9.90. The first-order valence-corrected chi connectivity index (χ1v) is 4.62. The molecule has 1 atom stereocenters. The third kappa shape index (κ3) is 2.74. The van der Waals surface area contributed by atoms with E-state index in [1.165, 1.54) is 24.2 Å². The van der Waals surface area contributed by atoms with Gasteiger partial charge in [0.25, 0.3) is 5.22 Å². The highest BCUT2D eigenvalue weighted by atomic mass is 32.2. The molecular formula is C7H11N3O2S.